The average molecular weight is 620 g/mol. The molecular formula is C21H21ClIN4O6S-. The predicted molar refractivity (Wildman–Crippen MR) is 122 cm³/mol. The van der Waals surface area contributed by atoms with Gasteiger partial charge in [-0.05, 0) is 0 Å². The SMILES string of the molecule is N[I-]CC(=O)N(C[C@H]1CN(c2ccc(N3CCOCC3=O)cc2)C(=O)O1)C(=O)c1ccc(Cl)s1. The minimum atomic E-state index is -0.864. The Balaban J connectivity index is 1.45. The van der Waals surface area contributed by atoms with Crippen molar-refractivity contribution in [2.75, 3.05) is 47.1 Å². The number of ether oxygens (including phenoxy) is 2. The number of halogens is 2. The van der Waals surface area contributed by atoms with Crippen molar-refractivity contribution in [1.29, 1.82) is 0 Å². The quantitative estimate of drug-likeness (QED) is 0.233. The molecule has 1 aromatic carbocycles. The summed E-state index contributed by atoms with van der Waals surface area (Å²) in [5.41, 5.74) is 1.29. The average Bonchev–Trinajstić information content (AvgIpc) is 3.43. The van der Waals surface area contributed by atoms with Gasteiger partial charge in [-0.1, -0.05) is 0 Å². The van der Waals surface area contributed by atoms with Gasteiger partial charge in [-0.2, -0.15) is 0 Å². The number of nitrogens with zero attached hydrogens (tertiary/aromatic N) is 3. The number of carbonyl (C=O) groups is 4. The van der Waals surface area contributed by atoms with Crippen LogP contribution in [0.1, 0.15) is 9.67 Å². The van der Waals surface area contributed by atoms with E-state index >= 15 is 0 Å². The summed E-state index contributed by atoms with van der Waals surface area (Å²) < 4.78 is 16.8. The zero-order valence-electron chi connectivity index (χ0n) is 17.8. The van der Waals surface area contributed by atoms with Gasteiger partial charge in [0, 0.05) is 6.54 Å². The second kappa shape index (κ2) is 11.0. The summed E-state index contributed by atoms with van der Waals surface area (Å²) in [4.78, 5) is 54.6. The molecule has 13 heteroatoms. The van der Waals surface area contributed by atoms with E-state index in [9.17, 15) is 19.2 Å². The number of nitrogens with two attached hydrogens (primary N) is 1. The Hall–Kier alpha value is -2.26. The monoisotopic (exact) mass is 619 g/mol. The summed E-state index contributed by atoms with van der Waals surface area (Å²) in [6, 6.07) is 10.1. The van der Waals surface area contributed by atoms with Crippen LogP contribution < -0.4 is 35.2 Å². The normalized spacial score (nSPS) is 18.4. The van der Waals surface area contributed by atoms with E-state index in [2.05, 4.69) is 0 Å². The van der Waals surface area contributed by atoms with Gasteiger partial charge in [-0.3, -0.25) is 4.79 Å². The van der Waals surface area contributed by atoms with Crippen LogP contribution >= 0.6 is 22.9 Å². The topological polar surface area (TPSA) is 122 Å². The van der Waals surface area contributed by atoms with Gasteiger partial charge in [0.1, 0.15) is 6.61 Å². The third-order valence-corrected chi connectivity index (χ3v) is 7.55. The van der Waals surface area contributed by atoms with Crippen LogP contribution in [-0.4, -0.2) is 72.1 Å². The molecule has 182 valence electrons. The summed E-state index contributed by atoms with van der Waals surface area (Å²) in [6.07, 6.45) is -1.28. The maximum absolute atomic E-state index is 12.9. The van der Waals surface area contributed by atoms with Gasteiger partial charge in [-0.25, -0.2) is 0 Å². The molecule has 0 radical (unpaired) electrons. The zero-order chi connectivity index (χ0) is 24.2. The van der Waals surface area contributed by atoms with Gasteiger partial charge in [-0.15, -0.1) is 0 Å². The van der Waals surface area contributed by atoms with Gasteiger partial charge in [0.25, 0.3) is 5.91 Å². The second-order valence-electron chi connectivity index (χ2n) is 7.43. The van der Waals surface area contributed by atoms with Crippen molar-refractivity contribution in [2.24, 2.45) is 3.95 Å². The number of carbonyl (C=O) groups excluding carboxylic acids is 4. The molecule has 2 aliphatic heterocycles. The van der Waals surface area contributed by atoms with Crippen LogP contribution in [-0.2, 0) is 19.1 Å². The number of benzene rings is 1. The molecule has 1 atom stereocenters. The van der Waals surface area contributed by atoms with Crippen LogP contribution in [0.15, 0.2) is 36.4 Å². The molecule has 0 unspecified atom stereocenters. The third kappa shape index (κ3) is 5.51. The van der Waals surface area contributed by atoms with Crippen LogP contribution in [0.3, 0.4) is 0 Å². The predicted octanol–water partition coefficient (Wildman–Crippen LogP) is -1.28. The first-order valence-electron chi connectivity index (χ1n) is 10.2. The van der Waals surface area contributed by atoms with Crippen molar-refractivity contribution in [3.63, 3.8) is 0 Å². The Morgan fingerprint density at radius 3 is 2.47 bits per heavy atom. The third-order valence-electron chi connectivity index (χ3n) is 5.24. The fraction of sp³-hybridized carbons (Fsp3) is 0.333. The number of hydrogen-bond donors (Lipinski definition) is 1. The molecule has 34 heavy (non-hydrogen) atoms. The van der Waals surface area contributed by atoms with Crippen LogP contribution in [0.2, 0.25) is 4.34 Å². The van der Waals surface area contributed by atoms with Crippen molar-refractivity contribution in [1.82, 2.24) is 4.90 Å². The Morgan fingerprint density at radius 2 is 1.85 bits per heavy atom. The van der Waals surface area contributed by atoms with Crippen LogP contribution in [0, 0.1) is 0 Å². The number of amides is 4. The van der Waals surface area contributed by atoms with Gasteiger partial charge in [0.15, 0.2) is 0 Å². The van der Waals surface area contributed by atoms with E-state index in [0.717, 1.165) is 16.2 Å². The molecule has 4 rings (SSSR count). The van der Waals surface area contributed by atoms with E-state index < -0.39 is 45.5 Å². The van der Waals surface area contributed by atoms with E-state index in [0.29, 0.717) is 33.7 Å². The first kappa shape index (κ1) is 24.9. The Morgan fingerprint density at radius 1 is 1.15 bits per heavy atom. The number of rotatable bonds is 7. The van der Waals surface area contributed by atoms with Crippen molar-refractivity contribution < 1.29 is 50.1 Å². The fourth-order valence-electron chi connectivity index (χ4n) is 3.63. The van der Waals surface area contributed by atoms with Gasteiger partial charge in [0.2, 0.25) is 0 Å². The first-order chi connectivity index (χ1) is 16.4. The summed E-state index contributed by atoms with van der Waals surface area (Å²) in [7, 11) is 0. The Kier molecular flexibility index (Phi) is 8.03. The van der Waals surface area contributed by atoms with Crippen molar-refractivity contribution in [2.45, 2.75) is 6.10 Å². The molecule has 0 saturated carbocycles. The molecular weight excluding hydrogens is 599 g/mol. The molecule has 2 aromatic rings. The molecule has 2 saturated heterocycles. The standard InChI is InChI=1S/C21H21ClIN4O6S/c22-17-6-5-16(34-17)20(30)27(18(28)9-23-24)11-15-10-26(21(31)33-15)14-3-1-13(2-4-14)25-7-8-32-12-19(25)29/h1-6,15H,7-12,24H2/q-1/t15-/m1/s1. The Bertz CT molecular complexity index is 1100. The molecule has 0 bridgehead atoms. The molecule has 4 amide bonds. The molecule has 3 heterocycles. The zero-order valence-corrected chi connectivity index (χ0v) is 21.5. The second-order valence-corrected chi connectivity index (χ2v) is 10.8. The molecule has 2 N–H and O–H groups in total. The van der Waals surface area contributed by atoms with Gasteiger partial charge < -0.3 is 4.74 Å². The molecule has 0 aliphatic carbocycles. The van der Waals surface area contributed by atoms with Crippen molar-refractivity contribution in [3.8, 4) is 0 Å². The van der Waals surface area contributed by atoms with Crippen molar-refractivity contribution in [3.05, 3.63) is 45.6 Å². The van der Waals surface area contributed by atoms with Crippen molar-refractivity contribution >= 4 is 58.1 Å². The number of anilines is 2. The molecule has 10 nitrogen and oxygen atoms in total. The van der Waals surface area contributed by atoms with Crippen LogP contribution in [0.5, 0.6) is 0 Å². The van der Waals surface area contributed by atoms with E-state index in [-0.39, 0.29) is 30.0 Å². The summed E-state index contributed by atoms with van der Waals surface area (Å²) >= 11 is 6.15. The van der Waals surface area contributed by atoms with E-state index in [4.69, 9.17) is 25.0 Å². The van der Waals surface area contributed by atoms with E-state index in [1.54, 1.807) is 41.3 Å². The molecule has 0 spiro atoms. The molecule has 1 aromatic heterocycles. The molecule has 2 fully saturated rings. The number of morpholine rings is 1. The number of cyclic esters (lactones) is 1. The summed E-state index contributed by atoms with van der Waals surface area (Å²) in [5, 5.41) is 0. The first-order valence-corrected chi connectivity index (χ1v) is 14.2. The van der Waals surface area contributed by atoms with E-state index in [1.165, 1.54) is 4.90 Å². The number of thiophene rings is 1. The fourth-order valence-corrected chi connectivity index (χ4v) is 5.41. The summed E-state index contributed by atoms with van der Waals surface area (Å²) in [6.45, 7) is 1.05. The van der Waals surface area contributed by atoms with Crippen LogP contribution in [0.25, 0.3) is 0 Å². The number of hydrogen-bond acceptors (Lipinski definition) is 8. The van der Waals surface area contributed by atoms with Gasteiger partial charge >= 0.3 is 181 Å². The number of imide groups is 1. The Labute approximate surface area is 215 Å². The van der Waals surface area contributed by atoms with E-state index in [1.807, 2.05) is 0 Å². The minimum absolute atomic E-state index is 0.0413. The summed E-state index contributed by atoms with van der Waals surface area (Å²) in [5.74, 6) is -1.02. The van der Waals surface area contributed by atoms with Gasteiger partial charge in [0.05, 0.1) is 6.61 Å². The van der Waals surface area contributed by atoms with Crippen LogP contribution in [0.4, 0.5) is 16.2 Å². The molecule has 2 aliphatic rings. The maximum atomic E-state index is 12.9. The number of alkyl halides is 1.